The maximum Gasteiger partial charge on any atom is 0.266 e. The Bertz CT molecular complexity index is 764. The molecule has 1 aliphatic rings. The fourth-order valence-electron chi connectivity index (χ4n) is 3.04. The van der Waals surface area contributed by atoms with Gasteiger partial charge in [0, 0.05) is 30.4 Å². The van der Waals surface area contributed by atoms with Crippen LogP contribution >= 0.6 is 0 Å². The molecule has 5 nitrogen and oxygen atoms in total. The van der Waals surface area contributed by atoms with Gasteiger partial charge in [-0.15, -0.1) is 0 Å². The van der Waals surface area contributed by atoms with Crippen LogP contribution in [0.15, 0.2) is 65.2 Å². The van der Waals surface area contributed by atoms with E-state index >= 15 is 0 Å². The topological polar surface area (TPSA) is 54.2 Å². The molecule has 1 aromatic heterocycles. The molecule has 0 saturated carbocycles. The number of aromatic nitrogens is 2. The Morgan fingerprint density at radius 2 is 1.58 bits per heavy atom. The zero-order chi connectivity index (χ0) is 16.2. The van der Waals surface area contributed by atoms with Crippen LogP contribution < -0.4 is 10.2 Å². The van der Waals surface area contributed by atoms with Crippen LogP contribution in [0.1, 0.15) is 12.8 Å². The number of anilines is 2. The van der Waals surface area contributed by atoms with E-state index in [2.05, 4.69) is 44.6 Å². The lowest BCUT2D eigenvalue weighted by atomic mass is 10.0. The van der Waals surface area contributed by atoms with Crippen molar-refractivity contribution in [1.82, 2.24) is 10.1 Å². The molecular formula is C19H20N4O. The zero-order valence-corrected chi connectivity index (χ0v) is 13.4. The molecule has 1 saturated heterocycles. The third-order valence-corrected chi connectivity index (χ3v) is 4.36. The summed E-state index contributed by atoms with van der Waals surface area (Å²) < 4.78 is 5.41. The SMILES string of the molecule is c1ccc(NC2CCN(c3noc(-c4ccccc4)n3)CC2)cc1. The van der Waals surface area contributed by atoms with E-state index in [1.165, 1.54) is 5.69 Å². The smallest absolute Gasteiger partial charge is 0.266 e. The van der Waals surface area contributed by atoms with E-state index in [0.29, 0.717) is 17.9 Å². The Kier molecular flexibility index (Phi) is 4.14. The van der Waals surface area contributed by atoms with Gasteiger partial charge >= 0.3 is 0 Å². The second kappa shape index (κ2) is 6.74. The molecule has 0 unspecified atom stereocenters. The molecular weight excluding hydrogens is 300 g/mol. The summed E-state index contributed by atoms with van der Waals surface area (Å²) in [6.45, 7) is 1.86. The number of para-hydroxylation sites is 1. The van der Waals surface area contributed by atoms with Crippen molar-refractivity contribution in [3.63, 3.8) is 0 Å². The fraction of sp³-hybridized carbons (Fsp3) is 0.263. The molecule has 1 aliphatic heterocycles. The van der Waals surface area contributed by atoms with Crippen molar-refractivity contribution < 1.29 is 4.52 Å². The van der Waals surface area contributed by atoms with Crippen molar-refractivity contribution in [2.24, 2.45) is 0 Å². The van der Waals surface area contributed by atoms with Gasteiger partial charge in [0.25, 0.3) is 11.8 Å². The highest BCUT2D eigenvalue weighted by Crippen LogP contribution is 2.23. The van der Waals surface area contributed by atoms with E-state index in [0.717, 1.165) is 31.5 Å². The maximum absolute atomic E-state index is 5.41. The molecule has 2 aromatic carbocycles. The van der Waals surface area contributed by atoms with E-state index in [1.54, 1.807) is 0 Å². The first-order chi connectivity index (χ1) is 11.9. The highest BCUT2D eigenvalue weighted by molar-refractivity contribution is 5.54. The number of hydrogen-bond donors (Lipinski definition) is 1. The molecule has 0 amide bonds. The standard InChI is InChI=1S/C19H20N4O/c1-3-7-15(8-4-1)18-21-19(22-24-18)23-13-11-17(12-14-23)20-16-9-5-2-6-10-16/h1-10,17,20H,11-14H2. The van der Waals surface area contributed by atoms with E-state index in [9.17, 15) is 0 Å². The van der Waals surface area contributed by atoms with Gasteiger partial charge in [-0.3, -0.25) is 0 Å². The molecule has 0 spiro atoms. The van der Waals surface area contributed by atoms with Gasteiger partial charge in [-0.1, -0.05) is 36.4 Å². The normalized spacial score (nSPS) is 15.4. The van der Waals surface area contributed by atoms with Crippen LogP contribution in [0.4, 0.5) is 11.6 Å². The Balaban J connectivity index is 1.37. The molecule has 1 N–H and O–H groups in total. The number of hydrogen-bond acceptors (Lipinski definition) is 5. The Labute approximate surface area is 141 Å². The molecule has 24 heavy (non-hydrogen) atoms. The van der Waals surface area contributed by atoms with E-state index in [-0.39, 0.29) is 0 Å². The minimum absolute atomic E-state index is 0.490. The van der Waals surface area contributed by atoms with Crippen molar-refractivity contribution >= 4 is 11.6 Å². The Morgan fingerprint density at radius 3 is 2.29 bits per heavy atom. The van der Waals surface area contributed by atoms with Crippen molar-refractivity contribution in [1.29, 1.82) is 0 Å². The van der Waals surface area contributed by atoms with Crippen LogP contribution in [0, 0.1) is 0 Å². The van der Waals surface area contributed by atoms with E-state index in [1.807, 2.05) is 36.4 Å². The van der Waals surface area contributed by atoms with Crippen LogP contribution in [0.2, 0.25) is 0 Å². The lowest BCUT2D eigenvalue weighted by Gasteiger charge is -2.31. The summed E-state index contributed by atoms with van der Waals surface area (Å²) in [4.78, 5) is 6.73. The molecule has 122 valence electrons. The van der Waals surface area contributed by atoms with Crippen LogP contribution in [-0.4, -0.2) is 29.3 Å². The first-order valence-corrected chi connectivity index (χ1v) is 8.34. The van der Waals surface area contributed by atoms with Crippen molar-refractivity contribution in [3.8, 4) is 11.5 Å². The van der Waals surface area contributed by atoms with Gasteiger partial charge in [-0.05, 0) is 42.3 Å². The molecule has 5 heteroatoms. The van der Waals surface area contributed by atoms with Crippen LogP contribution in [0.25, 0.3) is 11.5 Å². The van der Waals surface area contributed by atoms with Crippen molar-refractivity contribution in [3.05, 3.63) is 60.7 Å². The van der Waals surface area contributed by atoms with Crippen molar-refractivity contribution in [2.45, 2.75) is 18.9 Å². The van der Waals surface area contributed by atoms with Crippen LogP contribution in [0.3, 0.4) is 0 Å². The number of nitrogens with one attached hydrogen (secondary N) is 1. The third kappa shape index (κ3) is 3.25. The monoisotopic (exact) mass is 320 g/mol. The first kappa shape index (κ1) is 14.8. The summed E-state index contributed by atoms with van der Waals surface area (Å²) in [6, 6.07) is 20.7. The van der Waals surface area contributed by atoms with Gasteiger partial charge in [0.1, 0.15) is 0 Å². The zero-order valence-electron chi connectivity index (χ0n) is 13.4. The number of benzene rings is 2. The number of nitrogens with zero attached hydrogens (tertiary/aromatic N) is 3. The van der Waals surface area contributed by atoms with Crippen LogP contribution in [-0.2, 0) is 0 Å². The summed E-state index contributed by atoms with van der Waals surface area (Å²) in [7, 11) is 0. The molecule has 0 radical (unpaired) electrons. The van der Waals surface area contributed by atoms with Gasteiger partial charge in [0.05, 0.1) is 0 Å². The maximum atomic E-state index is 5.41. The predicted molar refractivity (Wildman–Crippen MR) is 95.0 cm³/mol. The quantitative estimate of drug-likeness (QED) is 0.792. The molecule has 3 aromatic rings. The fourth-order valence-corrected chi connectivity index (χ4v) is 3.04. The summed E-state index contributed by atoms with van der Waals surface area (Å²) in [5.74, 6) is 1.27. The Hall–Kier alpha value is -2.82. The summed E-state index contributed by atoms with van der Waals surface area (Å²) in [6.07, 6.45) is 2.12. The van der Waals surface area contributed by atoms with E-state index in [4.69, 9.17) is 4.52 Å². The lowest BCUT2D eigenvalue weighted by molar-refractivity contribution is 0.424. The Morgan fingerprint density at radius 1 is 0.917 bits per heavy atom. The second-order valence-corrected chi connectivity index (χ2v) is 6.04. The molecule has 1 fully saturated rings. The summed E-state index contributed by atoms with van der Waals surface area (Å²) >= 11 is 0. The van der Waals surface area contributed by atoms with Gasteiger partial charge in [-0.2, -0.15) is 4.98 Å². The molecule has 0 aliphatic carbocycles. The average Bonchev–Trinajstić information content (AvgIpc) is 3.14. The van der Waals surface area contributed by atoms with Crippen LogP contribution in [0.5, 0.6) is 0 Å². The minimum atomic E-state index is 0.490. The lowest BCUT2D eigenvalue weighted by Crippen LogP contribution is -2.39. The summed E-state index contributed by atoms with van der Waals surface area (Å²) in [5, 5.41) is 7.74. The first-order valence-electron chi connectivity index (χ1n) is 8.34. The molecule has 0 atom stereocenters. The van der Waals surface area contributed by atoms with Crippen molar-refractivity contribution in [2.75, 3.05) is 23.3 Å². The third-order valence-electron chi connectivity index (χ3n) is 4.36. The predicted octanol–water partition coefficient (Wildman–Crippen LogP) is 3.82. The molecule has 4 rings (SSSR count). The van der Waals surface area contributed by atoms with Gasteiger partial charge in [-0.25, -0.2) is 0 Å². The van der Waals surface area contributed by atoms with Gasteiger partial charge in [0.15, 0.2) is 0 Å². The van der Waals surface area contributed by atoms with Gasteiger partial charge < -0.3 is 14.7 Å². The molecule has 2 heterocycles. The second-order valence-electron chi connectivity index (χ2n) is 6.04. The largest absolute Gasteiger partial charge is 0.382 e. The highest BCUT2D eigenvalue weighted by Gasteiger charge is 2.22. The minimum Gasteiger partial charge on any atom is -0.382 e. The van der Waals surface area contributed by atoms with Gasteiger partial charge in [0.2, 0.25) is 0 Å². The number of piperidine rings is 1. The summed E-state index contributed by atoms with van der Waals surface area (Å²) in [5.41, 5.74) is 2.14. The average molecular weight is 320 g/mol. The van der Waals surface area contributed by atoms with E-state index < -0.39 is 0 Å². The molecule has 0 bridgehead atoms. The number of rotatable bonds is 4. The highest BCUT2D eigenvalue weighted by atomic mass is 16.5.